The Morgan fingerprint density at radius 3 is 2.81 bits per heavy atom. The van der Waals surface area contributed by atoms with Gasteiger partial charge in [0.1, 0.15) is 5.75 Å². The molecular weight excluding hydrogens is 346 g/mol. The third kappa shape index (κ3) is 3.30. The molecule has 1 N–H and O–H groups in total. The lowest BCUT2D eigenvalue weighted by Gasteiger charge is -2.13. The second kappa shape index (κ2) is 6.98. The van der Waals surface area contributed by atoms with Crippen molar-refractivity contribution in [2.24, 2.45) is 0 Å². The first kappa shape index (κ1) is 16.3. The van der Waals surface area contributed by atoms with Gasteiger partial charge in [-0.25, -0.2) is 4.98 Å². The van der Waals surface area contributed by atoms with Crippen LogP contribution in [0.5, 0.6) is 5.75 Å². The first-order valence-electron chi connectivity index (χ1n) is 8.24. The van der Waals surface area contributed by atoms with Gasteiger partial charge >= 0.3 is 0 Å². The summed E-state index contributed by atoms with van der Waals surface area (Å²) < 4.78 is 5.45. The predicted molar refractivity (Wildman–Crippen MR) is 100 cm³/mol. The minimum absolute atomic E-state index is 0.104. The highest BCUT2D eigenvalue weighted by molar-refractivity contribution is 7.16. The van der Waals surface area contributed by atoms with Crippen LogP contribution < -0.4 is 10.1 Å². The van der Waals surface area contributed by atoms with Crippen molar-refractivity contribution < 1.29 is 9.53 Å². The third-order valence-corrected chi connectivity index (χ3v) is 5.22. The molecule has 1 aliphatic rings. The van der Waals surface area contributed by atoms with Crippen LogP contribution in [0.2, 0.25) is 0 Å². The number of aromatic nitrogens is 1. The molecule has 26 heavy (non-hydrogen) atoms. The van der Waals surface area contributed by atoms with E-state index >= 15 is 0 Å². The summed E-state index contributed by atoms with van der Waals surface area (Å²) in [5.41, 5.74) is 3.97. The lowest BCUT2D eigenvalue weighted by Crippen LogP contribution is -2.20. The molecule has 0 unspecified atom stereocenters. The van der Waals surface area contributed by atoms with E-state index in [0.717, 1.165) is 24.1 Å². The van der Waals surface area contributed by atoms with Crippen molar-refractivity contribution in [2.75, 3.05) is 11.9 Å². The van der Waals surface area contributed by atoms with Crippen LogP contribution in [-0.2, 0) is 17.6 Å². The average molecular weight is 361 g/mol. The monoisotopic (exact) mass is 361 g/mol. The smallest absolute Gasteiger partial charge is 0.264 e. The maximum absolute atomic E-state index is 12.1. The molecule has 1 aliphatic carbocycles. The molecule has 0 aliphatic heterocycles. The van der Waals surface area contributed by atoms with E-state index in [9.17, 15) is 4.79 Å². The second-order valence-corrected chi connectivity index (χ2v) is 7.00. The van der Waals surface area contributed by atoms with Crippen LogP contribution >= 0.6 is 11.3 Å². The highest BCUT2D eigenvalue weighted by Crippen LogP contribution is 2.37. The van der Waals surface area contributed by atoms with Gasteiger partial charge in [-0.3, -0.25) is 10.1 Å². The van der Waals surface area contributed by atoms with Gasteiger partial charge in [0, 0.05) is 10.4 Å². The Morgan fingerprint density at radius 1 is 1.19 bits per heavy atom. The Bertz CT molecular complexity index is 1000. The van der Waals surface area contributed by atoms with Crippen molar-refractivity contribution in [1.29, 1.82) is 5.26 Å². The SMILES string of the molecule is N#Cc1ccc(OCC(=O)Nc2nc3c(s2)CCc2ccccc2-3)cc1. The van der Waals surface area contributed by atoms with Gasteiger partial charge in [-0.1, -0.05) is 24.3 Å². The van der Waals surface area contributed by atoms with Gasteiger partial charge < -0.3 is 4.74 Å². The molecule has 0 saturated heterocycles. The summed E-state index contributed by atoms with van der Waals surface area (Å²) in [6, 6.07) is 16.9. The van der Waals surface area contributed by atoms with Crippen LogP contribution in [-0.4, -0.2) is 17.5 Å². The average Bonchev–Trinajstić information content (AvgIpc) is 3.09. The number of carbonyl (C=O) groups is 1. The molecule has 0 saturated carbocycles. The number of nitriles is 1. The van der Waals surface area contributed by atoms with Crippen molar-refractivity contribution in [3.8, 4) is 23.1 Å². The number of ether oxygens (including phenoxy) is 1. The van der Waals surface area contributed by atoms with Crippen molar-refractivity contribution in [3.63, 3.8) is 0 Å². The molecule has 128 valence electrons. The summed E-state index contributed by atoms with van der Waals surface area (Å²) >= 11 is 1.52. The Labute approximate surface area is 154 Å². The fourth-order valence-corrected chi connectivity index (χ4v) is 3.92. The zero-order valence-corrected chi connectivity index (χ0v) is 14.7. The fourth-order valence-electron chi connectivity index (χ4n) is 2.93. The predicted octanol–water partition coefficient (Wildman–Crippen LogP) is 3.80. The van der Waals surface area contributed by atoms with Gasteiger partial charge in [0.25, 0.3) is 5.91 Å². The van der Waals surface area contributed by atoms with E-state index < -0.39 is 0 Å². The number of rotatable bonds is 4. The highest BCUT2D eigenvalue weighted by Gasteiger charge is 2.21. The molecule has 0 spiro atoms. The van der Waals surface area contributed by atoms with Crippen molar-refractivity contribution in [2.45, 2.75) is 12.8 Å². The van der Waals surface area contributed by atoms with Crippen LogP contribution in [0, 0.1) is 11.3 Å². The van der Waals surface area contributed by atoms with Crippen LogP contribution in [0.4, 0.5) is 5.13 Å². The molecule has 3 aromatic rings. The van der Waals surface area contributed by atoms with Gasteiger partial charge in [0.05, 0.1) is 17.3 Å². The van der Waals surface area contributed by atoms with E-state index in [4.69, 9.17) is 10.00 Å². The molecule has 1 aromatic heterocycles. The summed E-state index contributed by atoms with van der Waals surface area (Å²) in [4.78, 5) is 18.0. The number of hydrogen-bond acceptors (Lipinski definition) is 5. The largest absolute Gasteiger partial charge is 0.484 e. The van der Waals surface area contributed by atoms with E-state index in [2.05, 4.69) is 22.4 Å². The van der Waals surface area contributed by atoms with Crippen LogP contribution in [0.25, 0.3) is 11.3 Å². The number of hydrogen-bond donors (Lipinski definition) is 1. The molecule has 0 bridgehead atoms. The summed E-state index contributed by atoms with van der Waals surface area (Å²) in [7, 11) is 0. The lowest BCUT2D eigenvalue weighted by molar-refractivity contribution is -0.118. The molecule has 1 heterocycles. The van der Waals surface area contributed by atoms with E-state index in [1.165, 1.54) is 21.8 Å². The second-order valence-electron chi connectivity index (χ2n) is 5.92. The molecule has 5 nitrogen and oxygen atoms in total. The fraction of sp³-hybridized carbons (Fsp3) is 0.150. The molecule has 2 aromatic carbocycles. The standard InChI is InChI=1S/C20H15N3O2S/c21-11-13-5-8-15(9-6-13)25-12-18(24)22-20-23-19-16-4-2-1-3-14(16)7-10-17(19)26-20/h1-6,8-9H,7,10,12H2,(H,22,23,24). The van der Waals surface area contributed by atoms with E-state index in [-0.39, 0.29) is 12.5 Å². The Balaban J connectivity index is 1.41. The van der Waals surface area contributed by atoms with Crippen molar-refractivity contribution in [3.05, 3.63) is 64.5 Å². The summed E-state index contributed by atoms with van der Waals surface area (Å²) in [5, 5.41) is 12.2. The van der Waals surface area contributed by atoms with Gasteiger partial charge in [-0.15, -0.1) is 11.3 Å². The number of aryl methyl sites for hydroxylation is 2. The lowest BCUT2D eigenvalue weighted by atomic mass is 9.94. The van der Waals surface area contributed by atoms with Crippen LogP contribution in [0.15, 0.2) is 48.5 Å². The first-order chi connectivity index (χ1) is 12.7. The van der Waals surface area contributed by atoms with Crippen molar-refractivity contribution in [1.82, 2.24) is 4.98 Å². The minimum Gasteiger partial charge on any atom is -0.484 e. The number of thiazole rings is 1. The topological polar surface area (TPSA) is 75.0 Å². The summed E-state index contributed by atoms with van der Waals surface area (Å²) in [6.07, 6.45) is 1.95. The Kier molecular flexibility index (Phi) is 4.38. The van der Waals surface area contributed by atoms with Crippen molar-refractivity contribution >= 4 is 22.4 Å². The molecule has 6 heteroatoms. The number of nitrogens with one attached hydrogen (secondary N) is 1. The molecular formula is C20H15N3O2S. The Hall–Kier alpha value is -3.17. The van der Waals surface area contributed by atoms with Gasteiger partial charge in [-0.2, -0.15) is 5.26 Å². The zero-order chi connectivity index (χ0) is 17.9. The third-order valence-electron chi connectivity index (χ3n) is 4.19. The normalized spacial score (nSPS) is 11.8. The number of fused-ring (bicyclic) bond motifs is 3. The number of anilines is 1. The van der Waals surface area contributed by atoms with Gasteiger partial charge in [0.2, 0.25) is 0 Å². The number of amides is 1. The summed E-state index contributed by atoms with van der Waals surface area (Å²) in [5.74, 6) is 0.292. The number of benzene rings is 2. The molecule has 1 amide bonds. The highest BCUT2D eigenvalue weighted by atomic mass is 32.1. The summed E-state index contributed by atoms with van der Waals surface area (Å²) in [6.45, 7) is -0.104. The maximum atomic E-state index is 12.1. The number of carbonyl (C=O) groups excluding carboxylic acids is 1. The quantitative estimate of drug-likeness (QED) is 0.767. The first-order valence-corrected chi connectivity index (χ1v) is 9.05. The van der Waals surface area contributed by atoms with E-state index in [1.54, 1.807) is 24.3 Å². The molecule has 0 fully saturated rings. The van der Waals surface area contributed by atoms with E-state index in [0.29, 0.717) is 16.4 Å². The molecule has 4 rings (SSSR count). The number of nitrogens with zero attached hydrogens (tertiary/aromatic N) is 2. The molecule has 0 radical (unpaired) electrons. The van der Waals surface area contributed by atoms with Gasteiger partial charge in [0.15, 0.2) is 11.7 Å². The van der Waals surface area contributed by atoms with E-state index in [1.807, 2.05) is 18.2 Å². The van der Waals surface area contributed by atoms with Crippen LogP contribution in [0.3, 0.4) is 0 Å². The minimum atomic E-state index is -0.256. The zero-order valence-electron chi connectivity index (χ0n) is 13.9. The van der Waals surface area contributed by atoms with Gasteiger partial charge in [-0.05, 0) is 42.7 Å². The van der Waals surface area contributed by atoms with Crippen LogP contribution in [0.1, 0.15) is 16.0 Å². The maximum Gasteiger partial charge on any atom is 0.264 e. The molecule has 0 atom stereocenters. The Morgan fingerprint density at radius 2 is 2.00 bits per heavy atom.